The monoisotopic (exact) mass is 585 g/mol. The lowest BCUT2D eigenvalue weighted by atomic mass is 9.98. The van der Waals surface area contributed by atoms with E-state index in [-0.39, 0.29) is 0 Å². The van der Waals surface area contributed by atoms with Gasteiger partial charge in [0.2, 0.25) is 0 Å². The minimum atomic E-state index is 0.652. The summed E-state index contributed by atoms with van der Waals surface area (Å²) in [7, 11) is 0. The van der Waals surface area contributed by atoms with E-state index in [0.717, 1.165) is 32.8 Å². The maximum Gasteiger partial charge on any atom is 0.164 e. The van der Waals surface area contributed by atoms with Gasteiger partial charge >= 0.3 is 0 Å². The second kappa shape index (κ2) is 10.8. The van der Waals surface area contributed by atoms with E-state index < -0.39 is 0 Å². The van der Waals surface area contributed by atoms with Crippen molar-refractivity contribution in [3.63, 3.8) is 0 Å². The average molecular weight is 586 g/mol. The van der Waals surface area contributed by atoms with Crippen LogP contribution in [0.3, 0.4) is 0 Å². The summed E-state index contributed by atoms with van der Waals surface area (Å²) in [5, 5.41) is 9.48. The molecule has 0 fully saturated rings. The number of hydrogen-bond donors (Lipinski definition) is 0. The van der Waals surface area contributed by atoms with E-state index in [2.05, 4.69) is 164 Å². The van der Waals surface area contributed by atoms with E-state index in [1.807, 2.05) is 0 Å². The van der Waals surface area contributed by atoms with Crippen molar-refractivity contribution in [2.75, 3.05) is 0 Å². The van der Waals surface area contributed by atoms with Crippen LogP contribution >= 0.6 is 0 Å². The Bertz CT molecular complexity index is 2510. The molecular weight excluding hydrogens is 558 g/mol. The van der Waals surface area contributed by atoms with Gasteiger partial charge < -0.3 is 0 Å². The minimum absolute atomic E-state index is 0.652. The van der Waals surface area contributed by atoms with E-state index in [1.54, 1.807) is 0 Å². The molecule has 0 bridgehead atoms. The zero-order chi connectivity index (χ0) is 30.5. The van der Waals surface area contributed by atoms with Crippen LogP contribution in [0.1, 0.15) is 0 Å². The third-order valence-electron chi connectivity index (χ3n) is 8.83. The molecule has 3 nitrogen and oxygen atoms in total. The first-order valence-corrected chi connectivity index (χ1v) is 15.5. The number of hydrogen-bond acceptors (Lipinski definition) is 3. The molecule has 0 aliphatic carbocycles. The fourth-order valence-corrected chi connectivity index (χ4v) is 6.35. The van der Waals surface area contributed by atoms with Gasteiger partial charge in [-0.3, -0.25) is 0 Å². The lowest BCUT2D eigenvalue weighted by Crippen LogP contribution is -2.00. The number of fused-ring (bicyclic) bond motifs is 4. The van der Waals surface area contributed by atoms with Gasteiger partial charge in [-0.05, 0) is 84.5 Å². The SMILES string of the molecule is c1ccc2cc(-c3ccc4ccc(-c5nc(-c6ccc7ccccc7c6)nc(-c6ccc7ccccc7c6)n5)cc4c3)ccc2c1. The van der Waals surface area contributed by atoms with Crippen molar-refractivity contribution >= 4 is 43.1 Å². The standard InChI is InChI=1S/C43H27N3/c1-4-10-32-23-35(18-13-28(32)7-1)36-19-14-31-17-22-39(27-40(31)26-36)43-45-41(37-20-15-29-8-2-5-11-33(29)24-37)44-42(46-43)38-21-16-30-9-3-6-12-34(30)25-38/h1-27H. The van der Waals surface area contributed by atoms with Crippen LogP contribution in [0.5, 0.6) is 0 Å². The zero-order valence-corrected chi connectivity index (χ0v) is 24.9. The molecule has 46 heavy (non-hydrogen) atoms. The smallest absolute Gasteiger partial charge is 0.164 e. The van der Waals surface area contributed by atoms with Crippen LogP contribution in [0.25, 0.3) is 88.4 Å². The van der Waals surface area contributed by atoms with Gasteiger partial charge in [-0.25, -0.2) is 15.0 Å². The Balaban J connectivity index is 1.20. The third-order valence-corrected chi connectivity index (χ3v) is 8.83. The predicted molar refractivity (Wildman–Crippen MR) is 192 cm³/mol. The van der Waals surface area contributed by atoms with Crippen LogP contribution in [0.4, 0.5) is 0 Å². The Morgan fingerprint density at radius 1 is 0.217 bits per heavy atom. The largest absolute Gasteiger partial charge is 0.208 e. The number of nitrogens with zero attached hydrogens (tertiary/aromatic N) is 3. The van der Waals surface area contributed by atoms with E-state index in [4.69, 9.17) is 15.0 Å². The first kappa shape index (κ1) is 26.2. The summed E-state index contributed by atoms with van der Waals surface area (Å²) in [5.41, 5.74) is 5.25. The highest BCUT2D eigenvalue weighted by molar-refractivity contribution is 5.93. The van der Waals surface area contributed by atoms with Crippen LogP contribution in [0.2, 0.25) is 0 Å². The summed E-state index contributed by atoms with van der Waals surface area (Å²) in [6.07, 6.45) is 0. The van der Waals surface area contributed by atoms with Gasteiger partial charge in [0.25, 0.3) is 0 Å². The molecule has 9 aromatic rings. The first-order valence-electron chi connectivity index (χ1n) is 15.5. The second-order valence-electron chi connectivity index (χ2n) is 11.8. The maximum atomic E-state index is 5.07. The molecule has 0 saturated heterocycles. The van der Waals surface area contributed by atoms with Crippen molar-refractivity contribution < 1.29 is 0 Å². The maximum absolute atomic E-state index is 5.07. The zero-order valence-electron chi connectivity index (χ0n) is 24.9. The van der Waals surface area contributed by atoms with Gasteiger partial charge in [-0.15, -0.1) is 0 Å². The Kier molecular flexibility index (Phi) is 6.14. The van der Waals surface area contributed by atoms with E-state index in [9.17, 15) is 0 Å². The molecule has 1 aromatic heterocycles. The Morgan fingerprint density at radius 2 is 0.478 bits per heavy atom. The van der Waals surface area contributed by atoms with E-state index in [0.29, 0.717) is 17.5 Å². The summed E-state index contributed by atoms with van der Waals surface area (Å²) >= 11 is 0. The lowest BCUT2D eigenvalue weighted by Gasteiger charge is -2.11. The topological polar surface area (TPSA) is 38.7 Å². The Hall–Kier alpha value is -6.19. The van der Waals surface area contributed by atoms with Gasteiger partial charge in [-0.1, -0.05) is 133 Å². The van der Waals surface area contributed by atoms with Gasteiger partial charge in [0.05, 0.1) is 0 Å². The molecule has 0 saturated carbocycles. The first-order chi connectivity index (χ1) is 22.7. The van der Waals surface area contributed by atoms with Crippen LogP contribution in [0.15, 0.2) is 164 Å². The van der Waals surface area contributed by atoms with Crippen molar-refractivity contribution in [3.8, 4) is 45.3 Å². The average Bonchev–Trinajstić information content (AvgIpc) is 3.13. The summed E-state index contributed by atoms with van der Waals surface area (Å²) < 4.78 is 0. The molecule has 0 atom stereocenters. The molecule has 0 spiro atoms. The van der Waals surface area contributed by atoms with E-state index in [1.165, 1.54) is 38.1 Å². The normalized spacial score (nSPS) is 11.5. The minimum Gasteiger partial charge on any atom is -0.208 e. The molecule has 8 aromatic carbocycles. The van der Waals surface area contributed by atoms with Gasteiger partial charge in [0.1, 0.15) is 0 Å². The summed E-state index contributed by atoms with van der Waals surface area (Å²) in [6, 6.07) is 57.8. The number of aromatic nitrogens is 3. The van der Waals surface area contributed by atoms with Crippen molar-refractivity contribution in [3.05, 3.63) is 164 Å². The molecule has 214 valence electrons. The summed E-state index contributed by atoms with van der Waals surface area (Å²) in [4.78, 5) is 15.2. The van der Waals surface area contributed by atoms with Crippen molar-refractivity contribution in [1.29, 1.82) is 0 Å². The highest BCUT2D eigenvalue weighted by Gasteiger charge is 2.14. The summed E-state index contributed by atoms with van der Waals surface area (Å²) in [5.74, 6) is 1.96. The molecule has 0 amide bonds. The fraction of sp³-hybridized carbons (Fsp3) is 0. The van der Waals surface area contributed by atoms with Crippen LogP contribution in [0, 0.1) is 0 Å². The van der Waals surface area contributed by atoms with E-state index >= 15 is 0 Å². The van der Waals surface area contributed by atoms with Crippen LogP contribution in [-0.4, -0.2) is 15.0 Å². The molecule has 1 heterocycles. The van der Waals surface area contributed by atoms with Gasteiger partial charge in [0.15, 0.2) is 17.5 Å². The molecular formula is C43H27N3. The van der Waals surface area contributed by atoms with Gasteiger partial charge in [-0.2, -0.15) is 0 Å². The molecule has 0 unspecified atom stereocenters. The highest BCUT2D eigenvalue weighted by atomic mass is 15.0. The molecule has 0 N–H and O–H groups in total. The Labute approximate surface area is 266 Å². The van der Waals surface area contributed by atoms with Gasteiger partial charge in [0, 0.05) is 16.7 Å². The lowest BCUT2D eigenvalue weighted by molar-refractivity contribution is 1.08. The van der Waals surface area contributed by atoms with Crippen molar-refractivity contribution in [1.82, 2.24) is 15.0 Å². The van der Waals surface area contributed by atoms with Crippen molar-refractivity contribution in [2.24, 2.45) is 0 Å². The quantitative estimate of drug-likeness (QED) is 0.206. The number of benzene rings is 8. The molecule has 0 aliphatic rings. The molecule has 0 aliphatic heterocycles. The molecule has 0 radical (unpaired) electrons. The fourth-order valence-electron chi connectivity index (χ4n) is 6.35. The number of rotatable bonds is 4. The molecule has 9 rings (SSSR count). The summed E-state index contributed by atoms with van der Waals surface area (Å²) in [6.45, 7) is 0. The Morgan fingerprint density at radius 3 is 0.870 bits per heavy atom. The van der Waals surface area contributed by atoms with Crippen molar-refractivity contribution in [2.45, 2.75) is 0 Å². The van der Waals surface area contributed by atoms with Crippen LogP contribution < -0.4 is 0 Å². The third kappa shape index (κ3) is 4.75. The highest BCUT2D eigenvalue weighted by Crippen LogP contribution is 2.32. The van der Waals surface area contributed by atoms with Crippen LogP contribution in [-0.2, 0) is 0 Å². The second-order valence-corrected chi connectivity index (χ2v) is 11.8. The predicted octanol–water partition coefficient (Wildman–Crippen LogP) is 11.2. The molecule has 3 heteroatoms.